The lowest BCUT2D eigenvalue weighted by molar-refractivity contribution is -0.736. The van der Waals surface area contributed by atoms with Crippen LogP contribution in [0, 0.1) is 29.0 Å². The number of hydrogen-bond acceptors (Lipinski definition) is 3. The van der Waals surface area contributed by atoms with Crippen LogP contribution < -0.4 is 0 Å². The summed E-state index contributed by atoms with van der Waals surface area (Å²) in [4.78, 5) is 16.8. The first-order valence-corrected chi connectivity index (χ1v) is 6.55. The van der Waals surface area contributed by atoms with Gasteiger partial charge in [0.2, 0.25) is 0 Å². The fourth-order valence-electron chi connectivity index (χ4n) is 2.02. The molecule has 0 atom stereocenters. The Morgan fingerprint density at radius 3 is 2.55 bits per heavy atom. The predicted octanol–water partition coefficient (Wildman–Crippen LogP) is 4.17. The molecule has 0 unspecified atom stereocenters. The summed E-state index contributed by atoms with van der Waals surface area (Å²) in [5.41, 5.74) is 2.69. The number of hydrogen-bond donors (Lipinski definition) is 0. The van der Waals surface area contributed by atoms with Crippen molar-refractivity contribution < 1.29 is 14.2 Å². The zero-order valence-electron chi connectivity index (χ0n) is 12.2. The highest BCUT2D eigenvalue weighted by Gasteiger charge is 2.19. The van der Waals surface area contributed by atoms with Crippen LogP contribution in [0.5, 0.6) is 0 Å². The average Bonchev–Trinajstić information content (AvgIpc) is 2.53. The molecule has 0 saturated heterocycles. The van der Waals surface area contributed by atoms with Crippen molar-refractivity contribution >= 4 is 17.3 Å². The maximum Gasteiger partial charge on any atom is 0.323 e. The van der Waals surface area contributed by atoms with Crippen LogP contribution in [-0.4, -0.2) is 12.0 Å². The Hall–Kier alpha value is -3.00. The molecule has 0 aliphatic carbocycles. The van der Waals surface area contributed by atoms with E-state index in [4.69, 9.17) is 0 Å². The van der Waals surface area contributed by atoms with E-state index in [-0.39, 0.29) is 5.82 Å². The van der Waals surface area contributed by atoms with Gasteiger partial charge in [-0.25, -0.2) is 9.23 Å². The third kappa shape index (κ3) is 3.36. The second-order valence-corrected chi connectivity index (χ2v) is 4.68. The molecule has 110 valence electrons. The SMILES string of the molecule is CO[N+](=O)c1ccc(C)cc1C=C(C#N)c1ccc(F)cc1. The van der Waals surface area contributed by atoms with Crippen LogP contribution >= 0.6 is 0 Å². The van der Waals surface area contributed by atoms with E-state index in [1.165, 1.54) is 31.4 Å². The molecule has 4 nitrogen and oxygen atoms in total. The van der Waals surface area contributed by atoms with E-state index in [0.717, 1.165) is 5.56 Å². The molecule has 0 radical (unpaired) electrons. The summed E-state index contributed by atoms with van der Waals surface area (Å²) in [7, 11) is 1.27. The third-order valence-corrected chi connectivity index (χ3v) is 3.12. The maximum atomic E-state index is 13.0. The molecule has 0 aromatic heterocycles. The largest absolute Gasteiger partial charge is 0.323 e. The van der Waals surface area contributed by atoms with Crippen LogP contribution in [0.25, 0.3) is 11.6 Å². The van der Waals surface area contributed by atoms with E-state index in [2.05, 4.69) is 10.9 Å². The van der Waals surface area contributed by atoms with Crippen molar-refractivity contribution in [3.63, 3.8) is 0 Å². The van der Waals surface area contributed by atoms with Crippen LogP contribution in [-0.2, 0) is 4.84 Å². The molecule has 0 saturated carbocycles. The lowest BCUT2D eigenvalue weighted by atomic mass is 10.0. The molecular formula is C17H14FN2O2+. The number of halogens is 1. The van der Waals surface area contributed by atoms with Crippen LogP contribution in [0.4, 0.5) is 10.1 Å². The van der Waals surface area contributed by atoms with Gasteiger partial charge >= 0.3 is 5.69 Å². The van der Waals surface area contributed by atoms with E-state index in [1.807, 2.05) is 6.92 Å². The fraction of sp³-hybridized carbons (Fsp3) is 0.118. The van der Waals surface area contributed by atoms with Crippen LogP contribution in [0.3, 0.4) is 0 Å². The fourth-order valence-corrected chi connectivity index (χ4v) is 2.02. The Balaban J connectivity index is 2.54. The van der Waals surface area contributed by atoms with Gasteiger partial charge in [-0.3, -0.25) is 0 Å². The molecule has 0 amide bonds. The van der Waals surface area contributed by atoms with E-state index in [0.29, 0.717) is 27.3 Å². The van der Waals surface area contributed by atoms with Gasteiger partial charge in [0.1, 0.15) is 5.82 Å². The van der Waals surface area contributed by atoms with Crippen molar-refractivity contribution in [2.45, 2.75) is 6.92 Å². The summed E-state index contributed by atoms with van der Waals surface area (Å²) in [5.74, 6) is -0.373. The molecule has 0 fully saturated rings. The van der Waals surface area contributed by atoms with Gasteiger partial charge in [-0.15, -0.1) is 0 Å². The topological polar surface area (TPSA) is 53.1 Å². The molecule has 0 aliphatic heterocycles. The van der Waals surface area contributed by atoms with Gasteiger partial charge in [0, 0.05) is 6.07 Å². The summed E-state index contributed by atoms with van der Waals surface area (Å²) in [6.07, 6.45) is 1.58. The zero-order chi connectivity index (χ0) is 16.1. The van der Waals surface area contributed by atoms with Gasteiger partial charge in [0.15, 0.2) is 7.11 Å². The Labute approximate surface area is 127 Å². The van der Waals surface area contributed by atoms with E-state index >= 15 is 0 Å². The van der Waals surface area contributed by atoms with E-state index in [9.17, 15) is 14.6 Å². The summed E-state index contributed by atoms with van der Waals surface area (Å²) < 4.78 is 13.0. The van der Waals surface area contributed by atoms with Crippen LogP contribution in [0.15, 0.2) is 42.5 Å². The molecule has 2 rings (SSSR count). The van der Waals surface area contributed by atoms with Crippen LogP contribution in [0.2, 0.25) is 0 Å². The van der Waals surface area contributed by atoms with E-state index in [1.54, 1.807) is 24.3 Å². The average molecular weight is 297 g/mol. The number of nitriles is 1. The molecule has 0 heterocycles. The first kappa shape index (κ1) is 15.4. The summed E-state index contributed by atoms with van der Waals surface area (Å²) in [6, 6.07) is 12.9. The van der Waals surface area contributed by atoms with Gasteiger partial charge in [-0.1, -0.05) is 23.8 Å². The minimum absolute atomic E-state index is 0.294. The molecule has 0 aliphatic rings. The molecule has 0 N–H and O–H groups in total. The number of nitrogens with zero attached hydrogens (tertiary/aromatic N) is 2. The van der Waals surface area contributed by atoms with Gasteiger partial charge in [0.05, 0.1) is 22.1 Å². The summed E-state index contributed by atoms with van der Waals surface area (Å²) in [6.45, 7) is 1.88. The Morgan fingerprint density at radius 1 is 1.27 bits per heavy atom. The molecule has 0 bridgehead atoms. The van der Waals surface area contributed by atoms with Crippen molar-refractivity contribution in [2.24, 2.45) is 0 Å². The quantitative estimate of drug-likeness (QED) is 0.483. The Bertz CT molecular complexity index is 774. The molecular weight excluding hydrogens is 283 g/mol. The highest BCUT2D eigenvalue weighted by atomic mass is 19.1. The number of rotatable bonds is 4. The van der Waals surface area contributed by atoms with Gasteiger partial charge in [-0.05, 0) is 36.8 Å². The standard InChI is InChI=1S/C17H14FN2O2/c1-12-3-8-17(20(21)22-2)14(9-12)10-15(11-19)13-4-6-16(18)7-5-13/h3-10H,1-2H3/q+1. The molecule has 22 heavy (non-hydrogen) atoms. The first-order chi connectivity index (χ1) is 10.5. The lowest BCUT2D eigenvalue weighted by Gasteiger charge is -2.01. The van der Waals surface area contributed by atoms with Crippen molar-refractivity contribution in [3.05, 3.63) is 69.9 Å². The summed E-state index contributed by atoms with van der Waals surface area (Å²) >= 11 is 0. The third-order valence-electron chi connectivity index (χ3n) is 3.12. The highest BCUT2D eigenvalue weighted by Crippen LogP contribution is 2.26. The van der Waals surface area contributed by atoms with Gasteiger partial charge in [0.25, 0.3) is 4.92 Å². The minimum atomic E-state index is -0.373. The van der Waals surface area contributed by atoms with Crippen molar-refractivity contribution in [1.29, 1.82) is 5.26 Å². The normalized spacial score (nSPS) is 10.9. The van der Waals surface area contributed by atoms with Crippen molar-refractivity contribution in [3.8, 4) is 6.07 Å². The highest BCUT2D eigenvalue weighted by molar-refractivity contribution is 5.91. The first-order valence-electron chi connectivity index (χ1n) is 6.55. The Kier molecular flexibility index (Phi) is 4.64. The second-order valence-electron chi connectivity index (χ2n) is 4.68. The monoisotopic (exact) mass is 297 g/mol. The minimum Gasteiger partial charge on any atom is -0.230 e. The molecule has 2 aromatic carbocycles. The second kappa shape index (κ2) is 6.64. The molecule has 0 spiro atoms. The van der Waals surface area contributed by atoms with Gasteiger partial charge < -0.3 is 0 Å². The smallest absolute Gasteiger partial charge is 0.230 e. The van der Waals surface area contributed by atoms with Gasteiger partial charge in [-0.2, -0.15) is 5.26 Å². The maximum absolute atomic E-state index is 13.0. The lowest BCUT2D eigenvalue weighted by Crippen LogP contribution is -2.00. The van der Waals surface area contributed by atoms with Crippen LogP contribution in [0.1, 0.15) is 16.7 Å². The summed E-state index contributed by atoms with van der Waals surface area (Å²) in [5, 5.41) is 9.33. The number of aryl methyl sites for hydroxylation is 1. The zero-order valence-corrected chi connectivity index (χ0v) is 12.2. The number of allylic oxidation sites excluding steroid dienone is 1. The van der Waals surface area contributed by atoms with E-state index < -0.39 is 0 Å². The van der Waals surface area contributed by atoms with Crippen molar-refractivity contribution in [1.82, 2.24) is 0 Å². The Morgan fingerprint density at radius 2 is 1.95 bits per heavy atom. The number of benzene rings is 2. The molecule has 2 aromatic rings. The van der Waals surface area contributed by atoms with Crippen molar-refractivity contribution in [2.75, 3.05) is 7.11 Å². The predicted molar refractivity (Wildman–Crippen MR) is 81.4 cm³/mol. The molecule has 5 heteroatoms.